The zero-order chi connectivity index (χ0) is 24.7. The summed E-state index contributed by atoms with van der Waals surface area (Å²) >= 11 is 5.91. The van der Waals surface area contributed by atoms with Gasteiger partial charge in [-0.1, -0.05) is 17.7 Å². The maximum absolute atomic E-state index is 11.7. The van der Waals surface area contributed by atoms with E-state index in [1.54, 1.807) is 12.1 Å². The van der Waals surface area contributed by atoms with E-state index in [0.717, 1.165) is 50.3 Å². The van der Waals surface area contributed by atoms with Crippen molar-refractivity contribution in [2.24, 2.45) is 5.41 Å². The number of nitriles is 1. The number of rotatable bonds is 5. The minimum absolute atomic E-state index is 0.109. The number of carbonyl (C=O) groups is 1. The van der Waals surface area contributed by atoms with Crippen LogP contribution in [0, 0.1) is 23.7 Å². The van der Waals surface area contributed by atoms with Crippen molar-refractivity contribution in [1.82, 2.24) is 15.0 Å². The first-order chi connectivity index (χ1) is 16.8. The molecule has 1 atom stereocenters. The second-order valence-corrected chi connectivity index (χ2v) is 9.80. The maximum atomic E-state index is 11.7. The van der Waals surface area contributed by atoms with Gasteiger partial charge in [-0.25, -0.2) is 19.7 Å². The molecular formula is C25H25ClN6O3. The average molecular weight is 493 g/mol. The molecule has 1 aromatic carbocycles. The van der Waals surface area contributed by atoms with Gasteiger partial charge in [0.2, 0.25) is 0 Å². The van der Waals surface area contributed by atoms with Crippen LogP contribution in [0.1, 0.15) is 53.1 Å². The van der Waals surface area contributed by atoms with Crippen LogP contribution in [-0.4, -0.2) is 52.3 Å². The molecule has 4 heterocycles. The van der Waals surface area contributed by atoms with Gasteiger partial charge >= 0.3 is 5.97 Å². The second-order valence-electron chi connectivity index (χ2n) is 9.41. The Balaban J connectivity index is 1.53. The van der Waals surface area contributed by atoms with Crippen molar-refractivity contribution in [3.63, 3.8) is 0 Å². The number of piperidine rings is 1. The lowest BCUT2D eigenvalue weighted by Crippen LogP contribution is -2.51. The van der Waals surface area contributed by atoms with Crippen LogP contribution in [0.15, 0.2) is 24.3 Å². The van der Waals surface area contributed by atoms with Crippen molar-refractivity contribution in [2.75, 3.05) is 36.5 Å². The van der Waals surface area contributed by atoms with E-state index in [4.69, 9.17) is 21.3 Å². The quantitative estimate of drug-likeness (QED) is 0.500. The molecule has 0 bridgehead atoms. The number of carboxylic acid groups (broad SMARTS) is 1. The first-order valence-corrected chi connectivity index (χ1v) is 11.9. The Labute approximate surface area is 207 Å². The van der Waals surface area contributed by atoms with E-state index in [0.29, 0.717) is 28.2 Å². The van der Waals surface area contributed by atoms with Crippen LogP contribution in [-0.2, 0) is 4.74 Å². The van der Waals surface area contributed by atoms with Gasteiger partial charge in [-0.05, 0) is 50.5 Å². The summed E-state index contributed by atoms with van der Waals surface area (Å²) in [7, 11) is 0. The zero-order valence-corrected chi connectivity index (χ0v) is 20.3. The molecule has 2 aliphatic rings. The number of nitrogens with zero attached hydrogens (tertiary/aromatic N) is 5. The SMILES string of the molecule is Cc1cc([C@@H](C)Nc2ccc(Cl)nc2C(=O)O)c2nc(N3CCC4(CC3)COC4)c(C#N)nc2c1. The van der Waals surface area contributed by atoms with Gasteiger partial charge in [0.1, 0.15) is 11.2 Å². The summed E-state index contributed by atoms with van der Waals surface area (Å²) in [6.45, 7) is 7.08. The van der Waals surface area contributed by atoms with Crippen LogP contribution in [0.2, 0.25) is 5.15 Å². The minimum Gasteiger partial charge on any atom is -0.476 e. The standard InChI is InChI=1S/C25H25ClN6O3/c1-14-9-16(15(2)28-17-3-4-20(26)30-22(17)24(33)34)21-18(10-14)29-19(11-27)23(31-21)32-7-5-25(6-8-32)12-35-13-25/h3-4,9-10,15,28H,5-8,12-13H2,1-2H3,(H,33,34)/t15-/m1/s1. The fourth-order valence-corrected chi connectivity index (χ4v) is 4.99. The number of fused-ring (bicyclic) bond motifs is 1. The van der Waals surface area contributed by atoms with Crippen molar-refractivity contribution in [2.45, 2.75) is 32.7 Å². The van der Waals surface area contributed by atoms with E-state index in [1.165, 1.54) is 0 Å². The van der Waals surface area contributed by atoms with Gasteiger partial charge in [-0.15, -0.1) is 0 Å². The van der Waals surface area contributed by atoms with Gasteiger partial charge in [-0.3, -0.25) is 0 Å². The monoisotopic (exact) mass is 492 g/mol. The van der Waals surface area contributed by atoms with E-state index >= 15 is 0 Å². The average Bonchev–Trinajstić information content (AvgIpc) is 2.82. The molecule has 2 saturated heterocycles. The van der Waals surface area contributed by atoms with Crippen molar-refractivity contribution in [3.8, 4) is 6.07 Å². The fourth-order valence-electron chi connectivity index (χ4n) is 4.85. The van der Waals surface area contributed by atoms with E-state index in [9.17, 15) is 15.2 Å². The number of ether oxygens (including phenoxy) is 1. The predicted octanol–water partition coefficient (Wildman–Crippen LogP) is 4.35. The number of nitrogens with one attached hydrogen (secondary N) is 1. The third-order valence-electron chi connectivity index (χ3n) is 6.87. The van der Waals surface area contributed by atoms with Crippen LogP contribution in [0.25, 0.3) is 11.0 Å². The molecule has 0 unspecified atom stereocenters. The zero-order valence-electron chi connectivity index (χ0n) is 19.5. The highest BCUT2D eigenvalue weighted by Crippen LogP contribution is 2.40. The summed E-state index contributed by atoms with van der Waals surface area (Å²) in [6.07, 6.45) is 2.00. The Morgan fingerprint density at radius 1 is 1.26 bits per heavy atom. The van der Waals surface area contributed by atoms with Crippen molar-refractivity contribution >= 4 is 40.1 Å². The van der Waals surface area contributed by atoms with Gasteiger partial charge < -0.3 is 20.1 Å². The number of carboxylic acids is 1. The number of aryl methyl sites for hydroxylation is 1. The molecule has 3 aromatic rings. The van der Waals surface area contributed by atoms with Crippen LogP contribution < -0.4 is 10.2 Å². The molecule has 0 saturated carbocycles. The van der Waals surface area contributed by atoms with E-state index in [1.807, 2.05) is 26.0 Å². The summed E-state index contributed by atoms with van der Waals surface area (Å²) in [5.74, 6) is -0.580. The normalized spacial score (nSPS) is 17.6. The van der Waals surface area contributed by atoms with Crippen LogP contribution >= 0.6 is 11.6 Å². The summed E-state index contributed by atoms with van der Waals surface area (Å²) in [5.41, 5.74) is 3.90. The van der Waals surface area contributed by atoms with E-state index < -0.39 is 5.97 Å². The maximum Gasteiger partial charge on any atom is 0.356 e. The third-order valence-corrected chi connectivity index (χ3v) is 7.08. The number of pyridine rings is 1. The van der Waals surface area contributed by atoms with E-state index in [-0.39, 0.29) is 22.3 Å². The summed E-state index contributed by atoms with van der Waals surface area (Å²) in [6, 6.07) is 8.97. The van der Waals surface area contributed by atoms with Crippen LogP contribution in [0.3, 0.4) is 0 Å². The first-order valence-electron chi connectivity index (χ1n) is 11.5. The van der Waals surface area contributed by atoms with Gasteiger partial charge in [-0.2, -0.15) is 5.26 Å². The number of hydrogen-bond donors (Lipinski definition) is 2. The van der Waals surface area contributed by atoms with E-state index in [2.05, 4.69) is 26.3 Å². The van der Waals surface area contributed by atoms with Crippen LogP contribution in [0.4, 0.5) is 11.5 Å². The summed E-state index contributed by atoms with van der Waals surface area (Å²) in [4.78, 5) is 27.4. The lowest BCUT2D eigenvalue weighted by molar-refractivity contribution is -0.124. The Morgan fingerprint density at radius 3 is 2.63 bits per heavy atom. The lowest BCUT2D eigenvalue weighted by atomic mass is 9.77. The molecule has 2 fully saturated rings. The smallest absolute Gasteiger partial charge is 0.356 e. The highest BCUT2D eigenvalue weighted by molar-refractivity contribution is 6.29. The Bertz CT molecular complexity index is 1360. The lowest BCUT2D eigenvalue weighted by Gasteiger charge is -2.47. The molecule has 1 spiro atoms. The molecule has 180 valence electrons. The molecule has 2 N–H and O–H groups in total. The largest absolute Gasteiger partial charge is 0.476 e. The van der Waals surface area contributed by atoms with Crippen molar-refractivity contribution < 1.29 is 14.6 Å². The number of aromatic nitrogens is 3. The molecular weight excluding hydrogens is 468 g/mol. The molecule has 9 nitrogen and oxygen atoms in total. The highest BCUT2D eigenvalue weighted by Gasteiger charge is 2.41. The Kier molecular flexibility index (Phi) is 5.95. The first kappa shape index (κ1) is 23.3. The molecule has 5 rings (SSSR count). The van der Waals surface area contributed by atoms with Gasteiger partial charge in [0.15, 0.2) is 17.2 Å². The molecule has 0 amide bonds. The molecule has 0 radical (unpaired) electrons. The molecule has 10 heteroatoms. The highest BCUT2D eigenvalue weighted by atomic mass is 35.5. The number of aromatic carboxylic acids is 1. The number of anilines is 2. The molecule has 35 heavy (non-hydrogen) atoms. The topological polar surface area (TPSA) is 124 Å². The molecule has 2 aromatic heterocycles. The number of hydrogen-bond acceptors (Lipinski definition) is 8. The molecule has 0 aliphatic carbocycles. The second kappa shape index (κ2) is 8.95. The Morgan fingerprint density at radius 2 is 2.00 bits per heavy atom. The van der Waals surface area contributed by atoms with Gasteiger partial charge in [0.25, 0.3) is 0 Å². The predicted molar refractivity (Wildman–Crippen MR) is 132 cm³/mol. The van der Waals surface area contributed by atoms with Gasteiger partial charge in [0, 0.05) is 24.1 Å². The number of halogens is 1. The summed E-state index contributed by atoms with van der Waals surface area (Å²) in [5, 5.41) is 22.7. The van der Waals surface area contributed by atoms with Crippen molar-refractivity contribution in [1.29, 1.82) is 5.26 Å². The van der Waals surface area contributed by atoms with Crippen LogP contribution in [0.5, 0.6) is 0 Å². The number of benzene rings is 1. The molecule has 2 aliphatic heterocycles. The van der Waals surface area contributed by atoms with Gasteiger partial charge in [0.05, 0.1) is 36.0 Å². The minimum atomic E-state index is -1.17. The summed E-state index contributed by atoms with van der Waals surface area (Å²) < 4.78 is 5.44. The third kappa shape index (κ3) is 4.35. The fraction of sp³-hybridized carbons (Fsp3) is 0.400. The van der Waals surface area contributed by atoms with Crippen molar-refractivity contribution in [3.05, 3.63) is 51.9 Å². The Hall–Kier alpha value is -3.48.